The Morgan fingerprint density at radius 2 is 2.04 bits per heavy atom. The van der Waals surface area contributed by atoms with Gasteiger partial charge < -0.3 is 19.9 Å². The summed E-state index contributed by atoms with van der Waals surface area (Å²) in [6.45, 7) is 3.63. The van der Waals surface area contributed by atoms with Crippen molar-refractivity contribution in [3.8, 4) is 0 Å². The lowest BCUT2D eigenvalue weighted by Crippen LogP contribution is -2.37. The summed E-state index contributed by atoms with van der Waals surface area (Å²) in [5.41, 5.74) is 2.24. The smallest absolute Gasteiger partial charge is 0.224 e. The van der Waals surface area contributed by atoms with Crippen LogP contribution in [0.15, 0.2) is 30.5 Å². The molecule has 0 atom stereocenters. The molecule has 3 rings (SSSR count). The van der Waals surface area contributed by atoms with Gasteiger partial charge >= 0.3 is 0 Å². The monoisotopic (exact) mass is 329 g/mol. The molecule has 0 spiro atoms. The molecule has 1 amide bonds. The normalized spacial score (nSPS) is 16.6. The van der Waals surface area contributed by atoms with Crippen molar-refractivity contribution in [1.82, 2.24) is 14.8 Å². The summed E-state index contributed by atoms with van der Waals surface area (Å²) in [5, 5.41) is 13.7. The average molecular weight is 329 g/mol. The van der Waals surface area contributed by atoms with Gasteiger partial charge in [0.1, 0.15) is 0 Å². The van der Waals surface area contributed by atoms with Crippen LogP contribution >= 0.6 is 0 Å². The van der Waals surface area contributed by atoms with E-state index in [1.165, 1.54) is 0 Å². The van der Waals surface area contributed by atoms with E-state index in [4.69, 9.17) is 0 Å². The number of rotatable bonds is 6. The van der Waals surface area contributed by atoms with E-state index in [1.807, 2.05) is 25.4 Å². The van der Waals surface area contributed by atoms with Crippen LogP contribution in [0.2, 0.25) is 0 Å². The third-order valence-electron chi connectivity index (χ3n) is 4.86. The fourth-order valence-electron chi connectivity index (χ4n) is 3.48. The highest BCUT2D eigenvalue weighted by Crippen LogP contribution is 2.20. The molecular weight excluding hydrogens is 302 g/mol. The van der Waals surface area contributed by atoms with Crippen LogP contribution in [-0.4, -0.2) is 52.8 Å². The van der Waals surface area contributed by atoms with Crippen LogP contribution in [0.5, 0.6) is 0 Å². The number of piperidine rings is 1. The summed E-state index contributed by atoms with van der Waals surface area (Å²) in [6, 6.07) is 8.18. The van der Waals surface area contributed by atoms with Crippen LogP contribution in [0.1, 0.15) is 24.8 Å². The molecule has 130 valence electrons. The maximum absolute atomic E-state index is 12.2. The molecule has 0 bridgehead atoms. The van der Waals surface area contributed by atoms with Crippen molar-refractivity contribution in [3.05, 3.63) is 36.0 Å². The topological polar surface area (TPSA) is 57.5 Å². The van der Waals surface area contributed by atoms with Gasteiger partial charge in [0.2, 0.25) is 5.91 Å². The first-order valence-corrected chi connectivity index (χ1v) is 8.83. The molecule has 0 saturated carbocycles. The fraction of sp³-hybridized carbons (Fsp3) is 0.526. The molecule has 5 heteroatoms. The van der Waals surface area contributed by atoms with Crippen LogP contribution < -0.4 is 5.32 Å². The number of likely N-dealkylation sites (tertiary alicyclic amines) is 1. The van der Waals surface area contributed by atoms with Gasteiger partial charge in [0, 0.05) is 43.8 Å². The van der Waals surface area contributed by atoms with E-state index in [-0.39, 0.29) is 12.0 Å². The van der Waals surface area contributed by atoms with Crippen molar-refractivity contribution < 1.29 is 9.90 Å². The summed E-state index contributed by atoms with van der Waals surface area (Å²) in [7, 11) is 2.01. The van der Waals surface area contributed by atoms with Gasteiger partial charge in [0.25, 0.3) is 0 Å². The van der Waals surface area contributed by atoms with Crippen LogP contribution in [0.25, 0.3) is 10.9 Å². The minimum atomic E-state index is -0.123. The average Bonchev–Trinajstić information content (AvgIpc) is 2.90. The third kappa shape index (κ3) is 4.16. The Bertz CT molecular complexity index is 687. The zero-order chi connectivity index (χ0) is 16.9. The maximum Gasteiger partial charge on any atom is 0.224 e. The van der Waals surface area contributed by atoms with Gasteiger partial charge in [-0.15, -0.1) is 0 Å². The standard InChI is InChI=1S/C19H27N3O2/c1-21-14-15(17-5-2-3-6-18(17)21)13-19(24)20-9-4-10-22-11-7-16(23)8-12-22/h2-3,5-6,14,16,23H,4,7-13H2,1H3,(H,20,24). The van der Waals surface area contributed by atoms with Crippen LogP contribution in [0, 0.1) is 0 Å². The number of carbonyl (C=O) groups is 1. The minimum absolute atomic E-state index is 0.0837. The second-order valence-electron chi connectivity index (χ2n) is 6.74. The Balaban J connectivity index is 1.42. The van der Waals surface area contributed by atoms with Crippen molar-refractivity contribution in [1.29, 1.82) is 0 Å². The van der Waals surface area contributed by atoms with Crippen LogP contribution in [0.4, 0.5) is 0 Å². The quantitative estimate of drug-likeness (QED) is 0.793. The fourth-order valence-corrected chi connectivity index (χ4v) is 3.48. The van der Waals surface area contributed by atoms with Crippen molar-refractivity contribution in [2.24, 2.45) is 7.05 Å². The zero-order valence-electron chi connectivity index (χ0n) is 14.4. The van der Waals surface area contributed by atoms with E-state index in [1.54, 1.807) is 0 Å². The molecule has 5 nitrogen and oxygen atoms in total. The predicted molar refractivity (Wildman–Crippen MR) is 95.9 cm³/mol. The Morgan fingerprint density at radius 3 is 2.83 bits per heavy atom. The van der Waals surface area contributed by atoms with Crippen molar-refractivity contribution in [2.75, 3.05) is 26.2 Å². The van der Waals surface area contributed by atoms with E-state index in [2.05, 4.69) is 26.9 Å². The number of hydrogen-bond acceptors (Lipinski definition) is 3. The second-order valence-corrected chi connectivity index (χ2v) is 6.74. The molecule has 1 aliphatic rings. The summed E-state index contributed by atoms with van der Waals surface area (Å²) in [5.74, 6) is 0.0837. The molecule has 0 aliphatic carbocycles. The van der Waals surface area contributed by atoms with Gasteiger partial charge in [-0.3, -0.25) is 4.79 Å². The summed E-state index contributed by atoms with van der Waals surface area (Å²) in [4.78, 5) is 14.6. The van der Waals surface area contributed by atoms with Crippen molar-refractivity contribution >= 4 is 16.8 Å². The van der Waals surface area contributed by atoms with Crippen molar-refractivity contribution in [3.63, 3.8) is 0 Å². The first-order valence-electron chi connectivity index (χ1n) is 8.83. The number of para-hydroxylation sites is 1. The molecule has 2 N–H and O–H groups in total. The lowest BCUT2D eigenvalue weighted by Gasteiger charge is -2.29. The highest BCUT2D eigenvalue weighted by molar-refractivity contribution is 5.89. The highest BCUT2D eigenvalue weighted by Gasteiger charge is 2.16. The molecule has 0 radical (unpaired) electrons. The first kappa shape index (κ1) is 17.0. The number of fused-ring (bicyclic) bond motifs is 1. The lowest BCUT2D eigenvalue weighted by atomic mass is 10.1. The Kier molecular flexibility index (Phi) is 5.53. The molecule has 2 heterocycles. The Hall–Kier alpha value is -1.85. The largest absolute Gasteiger partial charge is 0.393 e. The third-order valence-corrected chi connectivity index (χ3v) is 4.86. The van der Waals surface area contributed by atoms with E-state index < -0.39 is 0 Å². The molecule has 24 heavy (non-hydrogen) atoms. The molecule has 1 aliphatic heterocycles. The second kappa shape index (κ2) is 7.81. The van der Waals surface area contributed by atoms with E-state index in [0.717, 1.165) is 55.4 Å². The van der Waals surface area contributed by atoms with E-state index in [9.17, 15) is 9.90 Å². The highest BCUT2D eigenvalue weighted by atomic mass is 16.3. The summed E-state index contributed by atoms with van der Waals surface area (Å²) < 4.78 is 2.07. The number of aliphatic hydroxyl groups excluding tert-OH is 1. The van der Waals surface area contributed by atoms with Gasteiger partial charge in [0.05, 0.1) is 12.5 Å². The number of aromatic nitrogens is 1. The van der Waals surface area contributed by atoms with Crippen LogP contribution in [0.3, 0.4) is 0 Å². The number of hydrogen-bond donors (Lipinski definition) is 2. The number of benzene rings is 1. The van der Waals surface area contributed by atoms with E-state index in [0.29, 0.717) is 13.0 Å². The van der Waals surface area contributed by atoms with Gasteiger partial charge in [-0.2, -0.15) is 0 Å². The first-order chi connectivity index (χ1) is 11.6. The van der Waals surface area contributed by atoms with E-state index >= 15 is 0 Å². The molecule has 0 unspecified atom stereocenters. The molecule has 1 aromatic carbocycles. The van der Waals surface area contributed by atoms with Gasteiger partial charge in [-0.1, -0.05) is 18.2 Å². The summed E-state index contributed by atoms with van der Waals surface area (Å²) in [6.07, 6.45) is 5.04. The van der Waals surface area contributed by atoms with Gasteiger partial charge in [-0.25, -0.2) is 0 Å². The van der Waals surface area contributed by atoms with Gasteiger partial charge in [-0.05, 0) is 37.4 Å². The van der Waals surface area contributed by atoms with Crippen molar-refractivity contribution in [2.45, 2.75) is 31.8 Å². The van der Waals surface area contributed by atoms with Crippen LogP contribution in [-0.2, 0) is 18.3 Å². The molecular formula is C19H27N3O2. The predicted octanol–water partition coefficient (Wildman–Crippen LogP) is 1.68. The number of aryl methyl sites for hydroxylation is 1. The number of aliphatic hydroxyl groups is 1. The Morgan fingerprint density at radius 1 is 1.29 bits per heavy atom. The lowest BCUT2D eigenvalue weighted by molar-refractivity contribution is -0.120. The Labute approximate surface area is 143 Å². The summed E-state index contributed by atoms with van der Waals surface area (Å²) >= 11 is 0. The SMILES string of the molecule is Cn1cc(CC(=O)NCCCN2CCC(O)CC2)c2ccccc21. The zero-order valence-corrected chi connectivity index (χ0v) is 14.4. The van der Waals surface area contributed by atoms with Gasteiger partial charge in [0.15, 0.2) is 0 Å². The molecule has 1 aromatic heterocycles. The molecule has 1 fully saturated rings. The minimum Gasteiger partial charge on any atom is -0.393 e. The number of amides is 1. The maximum atomic E-state index is 12.2. The number of nitrogens with one attached hydrogen (secondary N) is 1. The molecule has 2 aromatic rings. The number of nitrogens with zero attached hydrogens (tertiary/aromatic N) is 2. The molecule has 1 saturated heterocycles. The number of carbonyl (C=O) groups excluding carboxylic acids is 1.